The van der Waals surface area contributed by atoms with Crippen LogP contribution in [0.1, 0.15) is 0 Å². The van der Waals surface area contributed by atoms with E-state index in [-0.39, 0.29) is 51.1 Å². The zero-order chi connectivity index (χ0) is 14.2. The predicted molar refractivity (Wildman–Crippen MR) is 80.4 cm³/mol. The maximum Gasteiger partial charge on any atom is 1.00 e. The molecule has 0 bridgehead atoms. The molecule has 0 fully saturated rings. The Hall–Kier alpha value is 0.550. The fourth-order valence-corrected chi connectivity index (χ4v) is 3.61. The molecule has 2 rings (SSSR count). The van der Waals surface area contributed by atoms with Crippen LogP contribution in [0, 0.1) is 0 Å². The van der Waals surface area contributed by atoms with E-state index >= 15 is 0 Å². The van der Waals surface area contributed by atoms with Crippen LogP contribution in [0.25, 0.3) is 0 Å². The van der Waals surface area contributed by atoms with Crippen molar-refractivity contribution in [3.63, 3.8) is 0 Å². The summed E-state index contributed by atoms with van der Waals surface area (Å²) in [6.45, 7) is 0. The van der Waals surface area contributed by atoms with Crippen LogP contribution in [0.5, 0.6) is 11.5 Å². The zero-order valence-electron chi connectivity index (χ0n) is 10.1. The van der Waals surface area contributed by atoms with Crippen molar-refractivity contribution in [3.05, 3.63) is 44.4 Å². The normalized spacial score (nSPS) is 10.2. The summed E-state index contributed by atoms with van der Waals surface area (Å²) in [4.78, 5) is 0.789. The molecule has 2 nitrogen and oxygen atoms in total. The number of rotatable bonds is 2. The molecule has 0 unspecified atom stereocenters. The number of benzene rings is 2. The van der Waals surface area contributed by atoms with Crippen molar-refractivity contribution in [2.24, 2.45) is 0 Å². The van der Waals surface area contributed by atoms with E-state index in [0.29, 0.717) is 19.8 Å². The van der Waals surface area contributed by atoms with Crippen LogP contribution in [0.3, 0.4) is 0 Å². The molecule has 100 valence electrons. The van der Waals surface area contributed by atoms with Gasteiger partial charge in [-0.15, -0.1) is 0 Å². The first-order valence-corrected chi connectivity index (χ1v) is 7.25. The van der Waals surface area contributed by atoms with E-state index in [9.17, 15) is 10.2 Å². The average molecular weight is 379 g/mol. The van der Waals surface area contributed by atoms with Crippen molar-refractivity contribution < 1.29 is 39.8 Å². The summed E-state index contributed by atoms with van der Waals surface area (Å²) in [7, 11) is 0. The molecule has 0 aliphatic rings. The van der Waals surface area contributed by atoms with Crippen molar-refractivity contribution >= 4 is 58.2 Å². The zero-order valence-corrected chi connectivity index (χ0v) is 16.0. The summed E-state index contributed by atoms with van der Waals surface area (Å²) in [5, 5.41) is 20.7. The second kappa shape index (κ2) is 7.70. The first-order chi connectivity index (χ1) is 8.88. The molecular weight excluding hydrogens is 373 g/mol. The van der Waals surface area contributed by atoms with Crippen molar-refractivity contribution in [1.82, 2.24) is 0 Å². The van der Waals surface area contributed by atoms with Gasteiger partial charge in [0.05, 0.1) is 19.8 Å². The minimum Gasteiger partial charge on any atom is -0.505 e. The van der Waals surface area contributed by atoms with Crippen molar-refractivity contribution in [2.45, 2.75) is 9.79 Å². The van der Waals surface area contributed by atoms with Gasteiger partial charge in [0, 0.05) is 10.0 Å². The van der Waals surface area contributed by atoms with E-state index in [1.165, 1.54) is 24.3 Å². The average Bonchev–Trinajstić information content (AvgIpc) is 2.31. The molecule has 2 aromatic carbocycles. The van der Waals surface area contributed by atoms with Gasteiger partial charge in [0.25, 0.3) is 0 Å². The number of hydrogen-bond donors (Lipinski definition) is 2. The molecule has 0 aromatic heterocycles. The van der Waals surface area contributed by atoms with Crippen LogP contribution >= 0.6 is 58.2 Å². The summed E-state index contributed by atoms with van der Waals surface area (Å²) in [5.41, 5.74) is 0. The van der Waals surface area contributed by atoms with Gasteiger partial charge in [-0.3, -0.25) is 0 Å². The van der Waals surface area contributed by atoms with Gasteiger partial charge in [-0.2, -0.15) is 0 Å². The van der Waals surface area contributed by atoms with Gasteiger partial charge in [0.2, 0.25) is 0 Å². The van der Waals surface area contributed by atoms with Gasteiger partial charge < -0.3 is 10.2 Å². The van der Waals surface area contributed by atoms with Gasteiger partial charge in [0.15, 0.2) is 0 Å². The molecule has 0 amide bonds. The van der Waals surface area contributed by atoms with Gasteiger partial charge in [-0.25, -0.2) is 0 Å². The number of phenols is 2. The SMILES string of the molecule is Oc1c(Cl)cc(Cl)cc1Sc1cc(Cl)cc(Cl)c1O.[Na+]. The van der Waals surface area contributed by atoms with Crippen LogP contribution < -0.4 is 29.6 Å². The van der Waals surface area contributed by atoms with Crippen LogP contribution in [-0.2, 0) is 0 Å². The van der Waals surface area contributed by atoms with E-state index in [4.69, 9.17) is 46.4 Å². The number of aromatic hydroxyl groups is 2. The first kappa shape index (κ1) is 18.6. The number of phenolic OH excluding ortho intramolecular Hbond substituents is 2. The fraction of sp³-hybridized carbons (Fsp3) is 0. The Morgan fingerprint density at radius 3 is 1.40 bits per heavy atom. The van der Waals surface area contributed by atoms with Gasteiger partial charge in [-0.1, -0.05) is 58.2 Å². The quantitative estimate of drug-likeness (QED) is 0.789. The predicted octanol–water partition coefficient (Wildman–Crippen LogP) is 2.87. The maximum atomic E-state index is 9.85. The summed E-state index contributed by atoms with van der Waals surface area (Å²) < 4.78 is 0. The summed E-state index contributed by atoms with van der Waals surface area (Å²) in [5.74, 6) is -0.238. The molecule has 0 saturated carbocycles. The topological polar surface area (TPSA) is 40.5 Å². The summed E-state index contributed by atoms with van der Waals surface area (Å²) in [6.07, 6.45) is 0. The Balaban J connectivity index is 0.00000200. The Labute approximate surface area is 162 Å². The van der Waals surface area contributed by atoms with Crippen LogP contribution in [0.15, 0.2) is 34.1 Å². The fourth-order valence-electron chi connectivity index (χ4n) is 1.36. The molecule has 0 aliphatic carbocycles. The van der Waals surface area contributed by atoms with Crippen LogP contribution in [0.4, 0.5) is 0 Å². The minimum atomic E-state index is -0.119. The maximum absolute atomic E-state index is 9.85. The molecule has 0 radical (unpaired) electrons. The van der Waals surface area contributed by atoms with Crippen molar-refractivity contribution in [3.8, 4) is 11.5 Å². The summed E-state index contributed by atoms with van der Waals surface area (Å²) in [6, 6.07) is 5.91. The summed E-state index contributed by atoms with van der Waals surface area (Å²) >= 11 is 24.4. The molecule has 20 heavy (non-hydrogen) atoms. The van der Waals surface area contributed by atoms with Crippen LogP contribution in [-0.4, -0.2) is 10.2 Å². The van der Waals surface area contributed by atoms with E-state index in [0.717, 1.165) is 11.8 Å². The third kappa shape index (κ3) is 4.28. The molecule has 2 N–H and O–H groups in total. The van der Waals surface area contributed by atoms with Gasteiger partial charge in [-0.05, 0) is 24.3 Å². The molecule has 0 saturated heterocycles. The molecule has 0 heterocycles. The van der Waals surface area contributed by atoms with Crippen molar-refractivity contribution in [2.75, 3.05) is 0 Å². The van der Waals surface area contributed by atoms with Crippen LogP contribution in [0.2, 0.25) is 20.1 Å². The number of halogens is 4. The molecule has 2 aromatic rings. The third-order valence-corrected chi connectivity index (χ3v) is 4.28. The van der Waals surface area contributed by atoms with Gasteiger partial charge in [0.1, 0.15) is 11.5 Å². The third-order valence-electron chi connectivity index (χ3n) is 2.21. The second-order valence-corrected chi connectivity index (χ2v) is 6.34. The molecule has 0 spiro atoms. The van der Waals surface area contributed by atoms with Crippen molar-refractivity contribution in [1.29, 1.82) is 0 Å². The van der Waals surface area contributed by atoms with Gasteiger partial charge >= 0.3 is 29.6 Å². The molecular formula is C12H6Cl4NaO2S+. The Morgan fingerprint density at radius 2 is 1.05 bits per heavy atom. The van der Waals surface area contributed by atoms with E-state index in [1.54, 1.807) is 0 Å². The monoisotopic (exact) mass is 377 g/mol. The smallest absolute Gasteiger partial charge is 0.505 e. The van der Waals surface area contributed by atoms with E-state index in [1.807, 2.05) is 0 Å². The standard InChI is InChI=1S/C12H6Cl4O2S.Na/c13-5-1-7(15)11(17)9(3-5)19-10-4-6(14)2-8(16)12(10)18;/h1-4,17-18H;/q;+1. The Kier molecular flexibility index (Phi) is 7.16. The van der Waals surface area contributed by atoms with E-state index < -0.39 is 0 Å². The molecule has 0 aliphatic heterocycles. The second-order valence-electron chi connectivity index (χ2n) is 3.57. The largest absolute Gasteiger partial charge is 1.00 e. The molecule has 8 heteroatoms. The minimum absolute atomic E-state index is 0. The Morgan fingerprint density at radius 1 is 0.700 bits per heavy atom. The number of hydrogen-bond acceptors (Lipinski definition) is 3. The molecule has 0 atom stereocenters. The Bertz CT molecular complexity index is 596. The van der Waals surface area contributed by atoms with E-state index in [2.05, 4.69) is 0 Å². The first-order valence-electron chi connectivity index (χ1n) is 4.92.